The Kier molecular flexibility index (Phi) is 3.92. The molecule has 0 radical (unpaired) electrons. The minimum atomic E-state index is -4.52. The van der Waals surface area contributed by atoms with Gasteiger partial charge < -0.3 is 14.5 Å². The van der Waals surface area contributed by atoms with Crippen LogP contribution in [0.25, 0.3) is 11.0 Å². The van der Waals surface area contributed by atoms with Crippen LogP contribution in [-0.2, 0) is 6.18 Å². The minimum Gasteiger partial charge on any atom is -0.495 e. The van der Waals surface area contributed by atoms with Gasteiger partial charge in [0.25, 0.3) is 5.91 Å². The first-order valence-corrected chi connectivity index (χ1v) is 6.93. The van der Waals surface area contributed by atoms with E-state index < -0.39 is 17.6 Å². The smallest absolute Gasteiger partial charge is 0.416 e. The molecule has 0 saturated carbocycles. The van der Waals surface area contributed by atoms with Crippen LogP contribution in [0.15, 0.2) is 52.9 Å². The van der Waals surface area contributed by atoms with Crippen molar-refractivity contribution in [3.63, 3.8) is 0 Å². The van der Waals surface area contributed by atoms with E-state index >= 15 is 0 Å². The molecule has 2 aromatic carbocycles. The summed E-state index contributed by atoms with van der Waals surface area (Å²) in [5.74, 6) is -0.549. The number of furan rings is 1. The summed E-state index contributed by atoms with van der Waals surface area (Å²) in [6, 6.07) is 11.4. The number of amides is 1. The standard InChI is InChI=1S/C17H12F3NO3/c1-23-14-7-6-11(17(18,19)20)9-12(14)21-16(22)15-8-10-4-2-3-5-13(10)24-15/h2-9H,1H3,(H,21,22). The molecular weight excluding hydrogens is 323 g/mol. The number of rotatable bonds is 3. The zero-order chi connectivity index (χ0) is 17.3. The highest BCUT2D eigenvalue weighted by Gasteiger charge is 2.31. The van der Waals surface area contributed by atoms with Crippen LogP contribution in [0.3, 0.4) is 0 Å². The number of fused-ring (bicyclic) bond motifs is 1. The van der Waals surface area contributed by atoms with E-state index in [4.69, 9.17) is 9.15 Å². The molecule has 1 N–H and O–H groups in total. The van der Waals surface area contributed by atoms with Gasteiger partial charge in [-0.3, -0.25) is 4.79 Å². The Bertz CT molecular complexity index is 866. The van der Waals surface area contributed by atoms with E-state index in [-0.39, 0.29) is 17.2 Å². The summed E-state index contributed by atoms with van der Waals surface area (Å²) in [4.78, 5) is 12.3. The Morgan fingerprint density at radius 2 is 1.88 bits per heavy atom. The quantitative estimate of drug-likeness (QED) is 0.754. The molecule has 24 heavy (non-hydrogen) atoms. The molecule has 4 nitrogen and oxygen atoms in total. The Hall–Kier alpha value is -2.96. The minimum absolute atomic E-state index is 0.00401. The molecular formula is C17H12F3NO3. The number of ether oxygens (including phenoxy) is 1. The van der Waals surface area contributed by atoms with Gasteiger partial charge in [0, 0.05) is 5.39 Å². The van der Waals surface area contributed by atoms with E-state index in [1.165, 1.54) is 13.2 Å². The topological polar surface area (TPSA) is 51.5 Å². The van der Waals surface area contributed by atoms with Gasteiger partial charge in [-0.2, -0.15) is 13.2 Å². The van der Waals surface area contributed by atoms with Crippen LogP contribution in [0.5, 0.6) is 5.75 Å². The maximum Gasteiger partial charge on any atom is 0.416 e. The monoisotopic (exact) mass is 335 g/mol. The molecule has 3 rings (SSSR count). The molecule has 0 saturated heterocycles. The van der Waals surface area contributed by atoms with Crippen LogP contribution in [0.1, 0.15) is 16.1 Å². The number of hydrogen-bond donors (Lipinski definition) is 1. The summed E-state index contributed by atoms with van der Waals surface area (Å²) < 4.78 is 48.9. The first-order chi connectivity index (χ1) is 11.4. The molecule has 0 aliphatic carbocycles. The molecule has 0 aliphatic rings. The van der Waals surface area contributed by atoms with Crippen LogP contribution < -0.4 is 10.1 Å². The van der Waals surface area contributed by atoms with Crippen LogP contribution in [0.2, 0.25) is 0 Å². The SMILES string of the molecule is COc1ccc(C(F)(F)F)cc1NC(=O)c1cc2ccccc2o1. The number of alkyl halides is 3. The molecule has 0 fully saturated rings. The number of carbonyl (C=O) groups is 1. The highest BCUT2D eigenvalue weighted by atomic mass is 19.4. The number of para-hydroxylation sites is 1. The molecule has 124 valence electrons. The van der Waals surface area contributed by atoms with Crippen LogP contribution >= 0.6 is 0 Å². The Balaban J connectivity index is 1.93. The number of carbonyl (C=O) groups excluding carboxylic acids is 1. The second-order valence-corrected chi connectivity index (χ2v) is 5.02. The van der Waals surface area contributed by atoms with Gasteiger partial charge in [0.15, 0.2) is 5.76 Å². The molecule has 1 amide bonds. The number of halogens is 3. The van der Waals surface area contributed by atoms with E-state index in [0.717, 1.165) is 23.6 Å². The fraction of sp³-hybridized carbons (Fsp3) is 0.118. The van der Waals surface area contributed by atoms with Crippen molar-refractivity contribution < 1.29 is 27.1 Å². The Labute approximate surface area is 134 Å². The van der Waals surface area contributed by atoms with E-state index in [1.807, 2.05) is 0 Å². The second-order valence-electron chi connectivity index (χ2n) is 5.02. The number of nitrogens with one attached hydrogen (secondary N) is 1. The molecule has 3 aromatic rings. The summed E-state index contributed by atoms with van der Waals surface area (Å²) in [7, 11) is 1.30. The third kappa shape index (κ3) is 3.05. The van der Waals surface area contributed by atoms with Crippen LogP contribution in [0.4, 0.5) is 18.9 Å². The van der Waals surface area contributed by atoms with E-state index in [9.17, 15) is 18.0 Å². The third-order valence-corrected chi connectivity index (χ3v) is 3.42. The van der Waals surface area contributed by atoms with Gasteiger partial charge in [0.1, 0.15) is 11.3 Å². The van der Waals surface area contributed by atoms with Crippen molar-refractivity contribution in [2.45, 2.75) is 6.18 Å². The van der Waals surface area contributed by atoms with Crippen molar-refractivity contribution in [3.8, 4) is 5.75 Å². The fourth-order valence-electron chi connectivity index (χ4n) is 2.26. The van der Waals surface area contributed by atoms with Gasteiger partial charge in [0.2, 0.25) is 0 Å². The van der Waals surface area contributed by atoms with Crippen molar-refractivity contribution >= 4 is 22.6 Å². The molecule has 7 heteroatoms. The Morgan fingerprint density at radius 3 is 2.54 bits per heavy atom. The number of hydrogen-bond acceptors (Lipinski definition) is 3. The van der Waals surface area contributed by atoms with Crippen molar-refractivity contribution in [1.82, 2.24) is 0 Å². The lowest BCUT2D eigenvalue weighted by molar-refractivity contribution is -0.137. The van der Waals surface area contributed by atoms with Crippen LogP contribution in [-0.4, -0.2) is 13.0 Å². The van der Waals surface area contributed by atoms with Crippen molar-refractivity contribution in [3.05, 3.63) is 59.9 Å². The molecule has 0 atom stereocenters. The summed E-state index contributed by atoms with van der Waals surface area (Å²) in [6.45, 7) is 0. The van der Waals surface area contributed by atoms with E-state index in [2.05, 4.69) is 5.32 Å². The zero-order valence-corrected chi connectivity index (χ0v) is 12.5. The van der Waals surface area contributed by atoms with Gasteiger partial charge in [0.05, 0.1) is 18.4 Å². The van der Waals surface area contributed by atoms with Crippen LogP contribution in [0, 0.1) is 0 Å². The van der Waals surface area contributed by atoms with E-state index in [1.54, 1.807) is 24.3 Å². The molecule has 0 spiro atoms. The lowest BCUT2D eigenvalue weighted by Crippen LogP contribution is -2.13. The predicted molar refractivity (Wildman–Crippen MR) is 82.2 cm³/mol. The zero-order valence-electron chi connectivity index (χ0n) is 12.5. The Morgan fingerprint density at radius 1 is 1.12 bits per heavy atom. The molecule has 0 unspecified atom stereocenters. The van der Waals surface area contributed by atoms with Crippen molar-refractivity contribution in [2.75, 3.05) is 12.4 Å². The fourth-order valence-corrected chi connectivity index (χ4v) is 2.26. The molecule has 0 bridgehead atoms. The van der Waals surface area contributed by atoms with Gasteiger partial charge in [-0.15, -0.1) is 0 Å². The third-order valence-electron chi connectivity index (χ3n) is 3.42. The maximum absolute atomic E-state index is 12.8. The first-order valence-electron chi connectivity index (χ1n) is 6.93. The van der Waals surface area contributed by atoms with E-state index in [0.29, 0.717) is 5.58 Å². The highest BCUT2D eigenvalue weighted by Crippen LogP contribution is 2.35. The van der Waals surface area contributed by atoms with Crippen molar-refractivity contribution in [1.29, 1.82) is 0 Å². The number of anilines is 1. The lowest BCUT2D eigenvalue weighted by atomic mass is 10.1. The van der Waals surface area contributed by atoms with Gasteiger partial charge in [-0.25, -0.2) is 0 Å². The molecule has 1 heterocycles. The normalized spacial score (nSPS) is 11.5. The summed E-state index contributed by atoms with van der Waals surface area (Å²) in [5, 5.41) is 3.11. The number of benzene rings is 2. The van der Waals surface area contributed by atoms with Gasteiger partial charge in [-0.05, 0) is 30.3 Å². The predicted octanol–water partition coefficient (Wildman–Crippen LogP) is 4.71. The van der Waals surface area contributed by atoms with Crippen molar-refractivity contribution in [2.24, 2.45) is 0 Å². The summed E-state index contributed by atoms with van der Waals surface area (Å²) in [6.07, 6.45) is -4.52. The summed E-state index contributed by atoms with van der Waals surface area (Å²) >= 11 is 0. The maximum atomic E-state index is 12.8. The highest BCUT2D eigenvalue weighted by molar-refractivity contribution is 6.05. The average molecular weight is 335 g/mol. The van der Waals surface area contributed by atoms with Gasteiger partial charge in [-0.1, -0.05) is 18.2 Å². The number of methoxy groups -OCH3 is 1. The van der Waals surface area contributed by atoms with Gasteiger partial charge >= 0.3 is 6.18 Å². The first kappa shape index (κ1) is 15.9. The molecule has 0 aliphatic heterocycles. The average Bonchev–Trinajstić information content (AvgIpc) is 2.98. The molecule has 1 aromatic heterocycles. The summed E-state index contributed by atoms with van der Waals surface area (Å²) in [5.41, 5.74) is -0.459. The largest absolute Gasteiger partial charge is 0.495 e. The lowest BCUT2D eigenvalue weighted by Gasteiger charge is -2.13. The second kappa shape index (κ2) is 5.92.